The van der Waals surface area contributed by atoms with Crippen molar-refractivity contribution >= 4 is 11.8 Å². The Morgan fingerprint density at radius 3 is 2.56 bits per heavy atom. The number of tetrazole rings is 2. The molecule has 2 heterocycles. The van der Waals surface area contributed by atoms with E-state index in [9.17, 15) is 0 Å². The standard InChI is InChI=1S/C25H36N8S/c1-2-3-4-5-6-7-8-9-10-11-12-16-23(34-18-17-24-26-30-31-27-24)20-21-14-13-15-22(19-21)25-28-32-33-29-25/h10-16,19,23H,2-9,17-18,20H2,1H3,(H,26,27,30,31)(H,28,29,32,33). The second kappa shape index (κ2) is 15.9. The number of hydrogen-bond acceptors (Lipinski definition) is 7. The largest absolute Gasteiger partial charge is 0.204 e. The molecule has 0 aliphatic rings. The second-order valence-corrected chi connectivity index (χ2v) is 9.70. The van der Waals surface area contributed by atoms with Gasteiger partial charge in [-0.2, -0.15) is 22.2 Å². The van der Waals surface area contributed by atoms with Gasteiger partial charge in [0.25, 0.3) is 0 Å². The number of unbranched alkanes of at least 4 members (excludes halogenated alkanes) is 7. The lowest BCUT2D eigenvalue weighted by Crippen LogP contribution is -2.06. The molecule has 3 rings (SSSR count). The van der Waals surface area contributed by atoms with Crippen LogP contribution in [0, 0.1) is 0 Å². The molecule has 0 amide bonds. The van der Waals surface area contributed by atoms with Crippen LogP contribution >= 0.6 is 11.8 Å². The van der Waals surface area contributed by atoms with Crippen molar-refractivity contribution in [2.24, 2.45) is 0 Å². The Balaban J connectivity index is 1.48. The molecule has 1 unspecified atom stereocenters. The van der Waals surface area contributed by atoms with E-state index < -0.39 is 0 Å². The zero-order valence-electron chi connectivity index (χ0n) is 20.1. The van der Waals surface area contributed by atoms with Crippen molar-refractivity contribution in [3.63, 3.8) is 0 Å². The van der Waals surface area contributed by atoms with Crippen LogP contribution in [-0.2, 0) is 12.8 Å². The van der Waals surface area contributed by atoms with Crippen molar-refractivity contribution in [3.05, 3.63) is 60.0 Å². The molecular weight excluding hydrogens is 444 g/mol. The highest BCUT2D eigenvalue weighted by molar-refractivity contribution is 8.00. The lowest BCUT2D eigenvalue weighted by atomic mass is 10.1. The Bertz CT molecular complexity index is 953. The minimum Gasteiger partial charge on any atom is -0.177 e. The Hall–Kier alpha value is -2.81. The summed E-state index contributed by atoms with van der Waals surface area (Å²) in [4.78, 5) is 0. The molecular formula is C25H36N8S. The molecule has 0 bridgehead atoms. The fraction of sp³-hybridized carbons (Fsp3) is 0.520. The number of aromatic amines is 2. The number of aromatic nitrogens is 8. The first-order valence-electron chi connectivity index (χ1n) is 12.3. The van der Waals surface area contributed by atoms with Gasteiger partial charge in [0.1, 0.15) is 0 Å². The van der Waals surface area contributed by atoms with Gasteiger partial charge in [0.2, 0.25) is 5.82 Å². The molecule has 0 aliphatic heterocycles. The first-order chi connectivity index (χ1) is 16.8. The summed E-state index contributed by atoms with van der Waals surface area (Å²) in [5.74, 6) is 2.30. The Morgan fingerprint density at radius 2 is 1.76 bits per heavy atom. The predicted octanol–water partition coefficient (Wildman–Crippen LogP) is 5.52. The van der Waals surface area contributed by atoms with Crippen LogP contribution in [0.4, 0.5) is 0 Å². The maximum Gasteiger partial charge on any atom is 0.204 e. The number of thioether (sulfide) groups is 1. The minimum absolute atomic E-state index is 0.343. The summed E-state index contributed by atoms with van der Waals surface area (Å²) < 4.78 is 0. The molecule has 1 atom stereocenters. The average Bonchev–Trinajstić information content (AvgIpc) is 3.57. The van der Waals surface area contributed by atoms with Gasteiger partial charge in [0.05, 0.1) is 0 Å². The van der Waals surface area contributed by atoms with Gasteiger partial charge in [0.15, 0.2) is 5.82 Å². The topological polar surface area (TPSA) is 109 Å². The van der Waals surface area contributed by atoms with Gasteiger partial charge in [-0.25, -0.2) is 0 Å². The van der Waals surface area contributed by atoms with Crippen LogP contribution in [0.25, 0.3) is 11.4 Å². The summed E-state index contributed by atoms with van der Waals surface area (Å²) in [6, 6.07) is 8.35. The minimum atomic E-state index is 0.343. The third kappa shape index (κ3) is 9.99. The summed E-state index contributed by atoms with van der Waals surface area (Å²) in [5, 5.41) is 29.0. The maximum atomic E-state index is 4.10. The van der Waals surface area contributed by atoms with Gasteiger partial charge < -0.3 is 0 Å². The van der Waals surface area contributed by atoms with Crippen molar-refractivity contribution in [2.45, 2.75) is 76.4 Å². The van der Waals surface area contributed by atoms with E-state index in [4.69, 9.17) is 0 Å². The van der Waals surface area contributed by atoms with E-state index >= 15 is 0 Å². The molecule has 182 valence electrons. The molecule has 0 spiro atoms. The van der Waals surface area contributed by atoms with E-state index in [0.29, 0.717) is 11.1 Å². The number of aryl methyl sites for hydroxylation is 1. The van der Waals surface area contributed by atoms with Gasteiger partial charge in [-0.05, 0) is 36.1 Å². The number of nitrogens with zero attached hydrogens (tertiary/aromatic N) is 6. The van der Waals surface area contributed by atoms with E-state index in [0.717, 1.165) is 36.4 Å². The first-order valence-corrected chi connectivity index (χ1v) is 13.4. The first kappa shape index (κ1) is 25.8. The quantitative estimate of drug-likeness (QED) is 0.193. The van der Waals surface area contributed by atoms with Crippen LogP contribution in [0.5, 0.6) is 0 Å². The molecule has 3 aromatic rings. The normalized spacial score (nSPS) is 12.7. The zero-order valence-corrected chi connectivity index (χ0v) is 20.9. The Morgan fingerprint density at radius 1 is 0.941 bits per heavy atom. The molecule has 0 radical (unpaired) electrons. The fourth-order valence-electron chi connectivity index (χ4n) is 3.71. The number of allylic oxidation sites excluding steroid dienone is 3. The van der Waals surface area contributed by atoms with Gasteiger partial charge in [-0.1, -0.05) is 93.2 Å². The second-order valence-electron chi connectivity index (χ2n) is 8.35. The van der Waals surface area contributed by atoms with Crippen molar-refractivity contribution in [3.8, 4) is 11.4 Å². The summed E-state index contributed by atoms with van der Waals surface area (Å²) in [6.45, 7) is 2.27. The number of nitrogens with one attached hydrogen (secondary N) is 2. The predicted molar refractivity (Wildman–Crippen MR) is 138 cm³/mol. The number of benzene rings is 1. The highest BCUT2D eigenvalue weighted by Gasteiger charge is 2.10. The lowest BCUT2D eigenvalue weighted by Gasteiger charge is -2.13. The van der Waals surface area contributed by atoms with Crippen LogP contribution < -0.4 is 0 Å². The fourth-order valence-corrected chi connectivity index (χ4v) is 4.82. The highest BCUT2D eigenvalue weighted by Crippen LogP contribution is 2.22. The zero-order chi connectivity index (χ0) is 23.7. The molecule has 0 aliphatic carbocycles. The molecule has 34 heavy (non-hydrogen) atoms. The van der Waals surface area contributed by atoms with E-state index in [-0.39, 0.29) is 0 Å². The maximum absolute atomic E-state index is 4.10. The van der Waals surface area contributed by atoms with E-state index in [1.165, 1.54) is 50.5 Å². The van der Waals surface area contributed by atoms with Gasteiger partial charge in [0, 0.05) is 23.0 Å². The van der Waals surface area contributed by atoms with E-state index in [2.05, 4.69) is 84.6 Å². The van der Waals surface area contributed by atoms with Crippen LogP contribution in [-0.4, -0.2) is 52.3 Å². The lowest BCUT2D eigenvalue weighted by molar-refractivity contribution is 0.592. The van der Waals surface area contributed by atoms with Crippen molar-refractivity contribution in [1.82, 2.24) is 41.2 Å². The highest BCUT2D eigenvalue weighted by atomic mass is 32.2. The van der Waals surface area contributed by atoms with Gasteiger partial charge in [-0.3, -0.25) is 0 Å². The van der Waals surface area contributed by atoms with Crippen LogP contribution in [0.1, 0.15) is 69.7 Å². The monoisotopic (exact) mass is 480 g/mol. The Labute approximate surface area is 206 Å². The summed E-state index contributed by atoms with van der Waals surface area (Å²) in [7, 11) is 0. The smallest absolute Gasteiger partial charge is 0.177 e. The Kier molecular flexibility index (Phi) is 12.1. The number of hydrogen-bond donors (Lipinski definition) is 2. The van der Waals surface area contributed by atoms with Crippen molar-refractivity contribution in [1.29, 1.82) is 0 Å². The van der Waals surface area contributed by atoms with E-state index in [1.54, 1.807) is 0 Å². The van der Waals surface area contributed by atoms with Crippen LogP contribution in [0.15, 0.2) is 48.6 Å². The molecule has 1 aromatic carbocycles. The SMILES string of the molecule is CCCCCCCCCC=CC=CC(Cc1cccc(-c2nn[nH]n2)c1)SCCc1nn[nH]n1. The molecule has 0 saturated heterocycles. The molecule has 2 aromatic heterocycles. The molecule has 0 fully saturated rings. The molecule has 0 saturated carbocycles. The molecule has 8 nitrogen and oxygen atoms in total. The summed E-state index contributed by atoms with van der Waals surface area (Å²) in [5.41, 5.74) is 2.22. The molecule has 9 heteroatoms. The molecule has 2 N–H and O–H groups in total. The third-order valence-electron chi connectivity index (χ3n) is 5.56. The van der Waals surface area contributed by atoms with E-state index in [1.807, 2.05) is 23.9 Å². The number of rotatable bonds is 17. The summed E-state index contributed by atoms with van der Waals surface area (Å²) in [6.07, 6.45) is 21.3. The van der Waals surface area contributed by atoms with Crippen LogP contribution in [0.3, 0.4) is 0 Å². The van der Waals surface area contributed by atoms with Gasteiger partial charge >= 0.3 is 0 Å². The van der Waals surface area contributed by atoms with Gasteiger partial charge in [-0.15, -0.1) is 20.4 Å². The average molecular weight is 481 g/mol. The third-order valence-corrected chi connectivity index (χ3v) is 6.75. The number of H-pyrrole nitrogens is 2. The van der Waals surface area contributed by atoms with Crippen LogP contribution in [0.2, 0.25) is 0 Å². The summed E-state index contributed by atoms with van der Waals surface area (Å²) >= 11 is 1.91. The van der Waals surface area contributed by atoms with Crippen molar-refractivity contribution < 1.29 is 0 Å². The van der Waals surface area contributed by atoms with Crippen molar-refractivity contribution in [2.75, 3.05) is 5.75 Å².